The summed E-state index contributed by atoms with van der Waals surface area (Å²) in [5, 5.41) is 89.5. The molecule has 0 spiro atoms. The van der Waals surface area contributed by atoms with E-state index in [1.165, 1.54) is 20.8 Å². The Hall–Kier alpha value is -13.3. The first-order valence-electron chi connectivity index (χ1n) is 42.0. The molecular formula is C79H130N28O22. The summed E-state index contributed by atoms with van der Waals surface area (Å²) in [5.74, 6) is -20.2. The van der Waals surface area contributed by atoms with Crippen molar-refractivity contribution < 1.29 is 106 Å². The van der Waals surface area contributed by atoms with Gasteiger partial charge in [-0.2, -0.15) is 0 Å². The number of benzene rings is 2. The molecule has 0 saturated heterocycles. The Labute approximate surface area is 744 Å². The lowest BCUT2D eigenvalue weighted by Crippen LogP contribution is -2.60. The third-order valence-electron chi connectivity index (χ3n) is 19.3. The fraction of sp³-hybridized carbons (Fsp3) is 0.582. The van der Waals surface area contributed by atoms with Crippen molar-refractivity contribution in [2.75, 3.05) is 59.0 Å². The summed E-state index contributed by atoms with van der Waals surface area (Å²) in [4.78, 5) is 255. The largest absolute Gasteiger partial charge is 0.480 e. The van der Waals surface area contributed by atoms with Crippen molar-refractivity contribution in [2.24, 2.45) is 45.9 Å². The van der Waals surface area contributed by atoms with Crippen molar-refractivity contribution in [3.8, 4) is 0 Å². The molecule has 0 aromatic heterocycles. The highest BCUT2D eigenvalue weighted by Crippen LogP contribution is 2.13. The average molecular weight is 1820 g/mol. The van der Waals surface area contributed by atoms with Crippen molar-refractivity contribution in [2.45, 2.75) is 234 Å². The minimum atomic E-state index is -1.86. The number of carbonyl (C=O) groups is 19. The molecule has 18 amide bonds. The first kappa shape index (κ1) is 112. The second-order valence-electron chi connectivity index (χ2n) is 30.3. The number of primary amides is 2. The van der Waals surface area contributed by atoms with Crippen molar-refractivity contribution in [3.05, 3.63) is 71.8 Å². The van der Waals surface area contributed by atoms with Crippen LogP contribution in [0.1, 0.15) is 142 Å². The van der Waals surface area contributed by atoms with Gasteiger partial charge >= 0.3 is 5.97 Å². The van der Waals surface area contributed by atoms with Gasteiger partial charge in [-0.1, -0.05) is 60.7 Å². The lowest BCUT2D eigenvalue weighted by Gasteiger charge is -2.27. The van der Waals surface area contributed by atoms with Crippen LogP contribution >= 0.6 is 0 Å². The molecule has 15 atom stereocenters. The molecule has 0 aliphatic rings. The molecule has 0 aliphatic carbocycles. The number of hydrogen-bond donors (Lipinski definition) is 31. The van der Waals surface area contributed by atoms with Gasteiger partial charge < -0.3 is 157 Å². The number of carboxylic acid groups (broad SMARTS) is 1. The van der Waals surface area contributed by atoms with E-state index in [1.807, 2.05) is 0 Å². The maximum atomic E-state index is 14.4. The number of rotatable bonds is 64. The summed E-state index contributed by atoms with van der Waals surface area (Å²) < 4.78 is 0. The molecule has 0 saturated carbocycles. The minimum absolute atomic E-state index is 0.0157. The Balaban J connectivity index is 2.31. The lowest BCUT2D eigenvalue weighted by molar-refractivity contribution is -0.143. The van der Waals surface area contributed by atoms with Crippen LogP contribution in [0.25, 0.3) is 0 Å². The SMILES string of the molecule is C[C@H](NC(=O)CNC(=O)[C@@H](NC(=O)[C@H](Cc1ccccc1)NC(=O)CNC(=O)CNC(=O)[C@@H](N)Cc1ccccc1)[C@@H](C)O)C(=O)N[C@@H](CCCNC(=N)N)C(=O)N[C@@H](CCCCN)C(=O)N[C@@H](CO)C(=O)N[C@@H](C)C(=O)N[C@@H](CCCNC(=N)N)C(=O)N[C@@H](CCCCN)C(=O)N[C@@H](CCCCN)C(=O)N[C@@H](C)C(=O)N[C@@H](CC(N)=O)C(=O)N[C@@H](CCC(N)=O)C(=O)O. The maximum absolute atomic E-state index is 14.4. The molecule has 0 radical (unpaired) electrons. The fourth-order valence-corrected chi connectivity index (χ4v) is 12.1. The van der Waals surface area contributed by atoms with Crippen LogP contribution in [0.15, 0.2) is 60.7 Å². The number of aliphatic carboxylic acids is 1. The molecule has 0 bridgehead atoms. The van der Waals surface area contributed by atoms with Crippen molar-refractivity contribution in [1.82, 2.24) is 95.7 Å². The Bertz CT molecular complexity index is 4080. The lowest BCUT2D eigenvalue weighted by atomic mass is 10.0. The van der Waals surface area contributed by atoms with Crippen LogP contribution in [0, 0.1) is 10.8 Å². The number of amides is 18. The predicted molar refractivity (Wildman–Crippen MR) is 465 cm³/mol. The van der Waals surface area contributed by atoms with E-state index in [2.05, 4.69) is 95.7 Å². The number of aliphatic hydroxyl groups is 2. The molecule has 0 fully saturated rings. The minimum Gasteiger partial charge on any atom is -0.480 e. The van der Waals surface area contributed by atoms with E-state index in [1.54, 1.807) is 60.7 Å². The van der Waals surface area contributed by atoms with E-state index in [9.17, 15) is 106 Å². The number of carbonyl (C=O) groups excluding carboxylic acids is 18. The van der Waals surface area contributed by atoms with Gasteiger partial charge in [0, 0.05) is 25.9 Å². The zero-order chi connectivity index (χ0) is 96.8. The summed E-state index contributed by atoms with van der Waals surface area (Å²) in [6.07, 6.45) is -2.55. The summed E-state index contributed by atoms with van der Waals surface area (Å²) >= 11 is 0. The standard InChI is InChI=1S/C79H130N28O22/c1-42(95-61(113)40-94-76(127)63(45(4)109)107-74(125)55(36-47-21-9-6-10-22-47)98-62(114)39-92-60(112)38-93-67(118)48(83)35-46-19-7-5-8-20-46)64(115)99-52(26-17-33-90-78(86)87)70(121)103-51(25-13-16-32-82)72(123)106-57(41-108)75(126)97-43(2)65(116)100-53(27-18-34-91-79(88)89)71(122)102-50(24-12-15-31-81)69(120)101-49(23-11-14-30-80)68(119)96-44(3)66(117)105-56(37-59(85)111)73(124)104-54(77(128)129)28-29-58(84)110/h5-10,19-22,42-45,48-57,63,108-109H,11-18,23-41,80-83H2,1-4H3,(H2,84,110)(H2,85,111)(H,92,112)(H,93,118)(H,94,127)(H,95,113)(H,96,119)(H,97,126)(H,98,114)(H,99,115)(H,100,116)(H,101,120)(H,102,122)(H,103,121)(H,104,124)(H,105,117)(H,106,123)(H,107,125)(H,128,129)(H4,86,87,90)(H4,88,89,91)/t42-,43-,44-,45+,48-,49-,50-,51-,52-,53-,54-,55-,56-,57-,63-/m0/s1. The Morgan fingerprint density at radius 1 is 0.341 bits per heavy atom. The van der Waals surface area contributed by atoms with Gasteiger partial charge in [0.1, 0.15) is 78.5 Å². The number of nitrogens with two attached hydrogens (primary N) is 8. The molecule has 2 aromatic carbocycles. The summed E-state index contributed by atoms with van der Waals surface area (Å²) in [6, 6.07) is -4.44. The third-order valence-corrected chi connectivity index (χ3v) is 19.3. The smallest absolute Gasteiger partial charge is 0.326 e. The zero-order valence-corrected chi connectivity index (χ0v) is 72.7. The van der Waals surface area contributed by atoms with Gasteiger partial charge in [-0.15, -0.1) is 0 Å². The molecule has 129 heavy (non-hydrogen) atoms. The van der Waals surface area contributed by atoms with E-state index in [0.717, 1.165) is 12.5 Å². The van der Waals surface area contributed by atoms with Crippen LogP contribution in [0.4, 0.5) is 0 Å². The summed E-state index contributed by atoms with van der Waals surface area (Å²) in [6.45, 7) is 1.88. The third kappa shape index (κ3) is 46.1. The van der Waals surface area contributed by atoms with Gasteiger partial charge in [0.05, 0.1) is 44.8 Å². The summed E-state index contributed by atoms with van der Waals surface area (Å²) in [5.41, 5.74) is 46.0. The molecule has 50 heteroatoms. The zero-order valence-electron chi connectivity index (χ0n) is 72.7. The van der Waals surface area contributed by atoms with Crippen LogP contribution in [-0.4, -0.2) is 289 Å². The van der Waals surface area contributed by atoms with E-state index < -0.39 is 260 Å². The van der Waals surface area contributed by atoms with E-state index in [0.29, 0.717) is 24.8 Å². The Morgan fingerprint density at radius 2 is 0.682 bits per heavy atom. The van der Waals surface area contributed by atoms with Gasteiger partial charge in [-0.3, -0.25) is 97.1 Å². The molecule has 2 aromatic rings. The van der Waals surface area contributed by atoms with Crippen LogP contribution in [-0.2, 0) is 104 Å². The molecule has 718 valence electrons. The molecule has 2 rings (SSSR count). The monoisotopic (exact) mass is 1820 g/mol. The highest BCUT2D eigenvalue weighted by Gasteiger charge is 2.38. The van der Waals surface area contributed by atoms with E-state index in [-0.39, 0.29) is 110 Å². The van der Waals surface area contributed by atoms with E-state index >= 15 is 0 Å². The maximum Gasteiger partial charge on any atom is 0.326 e. The van der Waals surface area contributed by atoms with Crippen molar-refractivity contribution >= 4 is 124 Å². The molecule has 0 unspecified atom stereocenters. The first-order chi connectivity index (χ1) is 61.0. The second-order valence-corrected chi connectivity index (χ2v) is 30.3. The quantitative estimate of drug-likeness (QED) is 0.0166. The highest BCUT2D eigenvalue weighted by atomic mass is 16.4. The van der Waals surface area contributed by atoms with E-state index in [4.69, 9.17) is 56.7 Å². The van der Waals surface area contributed by atoms with Gasteiger partial charge in [-0.05, 0) is 155 Å². The van der Waals surface area contributed by atoms with Gasteiger partial charge in [0.2, 0.25) is 106 Å². The van der Waals surface area contributed by atoms with Gasteiger partial charge in [0.25, 0.3) is 0 Å². The van der Waals surface area contributed by atoms with Crippen molar-refractivity contribution in [3.63, 3.8) is 0 Å². The number of unbranched alkanes of at least 4 members (excludes halogenated alkanes) is 3. The van der Waals surface area contributed by atoms with Crippen molar-refractivity contribution in [1.29, 1.82) is 10.8 Å². The number of aliphatic hydroxyl groups excluding tert-OH is 2. The van der Waals surface area contributed by atoms with Gasteiger partial charge in [-0.25, -0.2) is 4.79 Å². The van der Waals surface area contributed by atoms with Crippen LogP contribution in [0.2, 0.25) is 0 Å². The predicted octanol–water partition coefficient (Wildman–Crippen LogP) is -12.0. The Kier molecular flexibility index (Phi) is 53.0. The summed E-state index contributed by atoms with van der Waals surface area (Å²) in [7, 11) is 0. The van der Waals surface area contributed by atoms with Gasteiger partial charge in [0.15, 0.2) is 11.9 Å². The molecule has 50 nitrogen and oxygen atoms in total. The fourth-order valence-electron chi connectivity index (χ4n) is 12.1. The number of nitrogens with one attached hydrogen (secondary N) is 20. The van der Waals surface area contributed by atoms with Crippen LogP contribution < -0.4 is 142 Å². The molecule has 39 N–H and O–H groups in total. The average Bonchev–Trinajstić information content (AvgIpc) is 0.941. The Morgan fingerprint density at radius 3 is 1.09 bits per heavy atom. The number of guanidine groups is 2. The molecule has 0 aliphatic heterocycles. The van der Waals surface area contributed by atoms with Crippen LogP contribution in [0.3, 0.4) is 0 Å². The normalized spacial score (nSPS) is 14.4. The topological polar surface area (TPSA) is 857 Å². The number of carboxylic acids is 1. The van der Waals surface area contributed by atoms with Crippen LogP contribution in [0.5, 0.6) is 0 Å². The highest BCUT2D eigenvalue weighted by molar-refractivity contribution is 6.01. The second kappa shape index (κ2) is 61.1. The number of hydrogen-bond acceptors (Lipinski definition) is 27. The first-order valence-corrected chi connectivity index (χ1v) is 42.0. The molecular weight excluding hydrogens is 1690 g/mol. The molecule has 0 heterocycles.